The molecule has 1 unspecified atom stereocenters. The monoisotopic (exact) mass is 293 g/mol. The molecule has 0 aliphatic rings. The van der Waals surface area contributed by atoms with Crippen LogP contribution in [0.15, 0.2) is 18.2 Å². The average Bonchev–Trinajstić information content (AvgIpc) is 2.43. The van der Waals surface area contributed by atoms with E-state index < -0.39 is 4.92 Å². The minimum absolute atomic E-state index is 0.0341. The SMILES string of the molecule is Cc1ccc(C(=O)N(C)CCC(N)C(C)C)cc1[N+](=O)[O-]. The predicted octanol–water partition coefficient (Wildman–Crippen LogP) is 2.35. The first-order chi connectivity index (χ1) is 9.73. The maximum absolute atomic E-state index is 12.3. The molecule has 6 nitrogen and oxygen atoms in total. The number of nitro benzene ring substituents is 1. The lowest BCUT2D eigenvalue weighted by Gasteiger charge is -2.21. The molecule has 0 aromatic heterocycles. The van der Waals surface area contributed by atoms with Gasteiger partial charge in [-0.1, -0.05) is 19.9 Å². The normalized spacial score (nSPS) is 12.3. The smallest absolute Gasteiger partial charge is 0.273 e. The van der Waals surface area contributed by atoms with Gasteiger partial charge < -0.3 is 10.6 Å². The Hall–Kier alpha value is -1.95. The van der Waals surface area contributed by atoms with E-state index in [1.54, 1.807) is 31.0 Å². The van der Waals surface area contributed by atoms with Crippen LogP contribution in [-0.2, 0) is 0 Å². The molecule has 0 bridgehead atoms. The topological polar surface area (TPSA) is 89.5 Å². The predicted molar refractivity (Wildman–Crippen MR) is 82.2 cm³/mol. The molecule has 6 heteroatoms. The van der Waals surface area contributed by atoms with Crippen molar-refractivity contribution in [1.29, 1.82) is 0 Å². The molecule has 116 valence electrons. The van der Waals surface area contributed by atoms with Crippen molar-refractivity contribution in [3.8, 4) is 0 Å². The van der Waals surface area contributed by atoms with Gasteiger partial charge in [0.05, 0.1) is 4.92 Å². The Kier molecular flexibility index (Phi) is 5.84. The molecule has 0 aliphatic heterocycles. The van der Waals surface area contributed by atoms with Crippen LogP contribution in [0.4, 0.5) is 5.69 Å². The second-order valence-corrected chi connectivity index (χ2v) is 5.68. The van der Waals surface area contributed by atoms with E-state index in [9.17, 15) is 14.9 Å². The molecule has 0 aliphatic carbocycles. The van der Waals surface area contributed by atoms with Crippen molar-refractivity contribution in [3.05, 3.63) is 39.4 Å². The number of nitrogens with zero attached hydrogens (tertiary/aromatic N) is 2. The highest BCUT2D eigenvalue weighted by Gasteiger charge is 2.18. The average molecular weight is 293 g/mol. The Morgan fingerprint density at radius 3 is 2.57 bits per heavy atom. The van der Waals surface area contributed by atoms with Crippen LogP contribution in [0.5, 0.6) is 0 Å². The molecule has 1 amide bonds. The van der Waals surface area contributed by atoms with Gasteiger partial charge >= 0.3 is 0 Å². The highest BCUT2D eigenvalue weighted by Crippen LogP contribution is 2.20. The summed E-state index contributed by atoms with van der Waals surface area (Å²) < 4.78 is 0. The first-order valence-electron chi connectivity index (χ1n) is 7.00. The number of amides is 1. The molecule has 1 aromatic rings. The van der Waals surface area contributed by atoms with Crippen LogP contribution in [0, 0.1) is 23.0 Å². The lowest BCUT2D eigenvalue weighted by Crippen LogP contribution is -2.34. The third kappa shape index (κ3) is 4.53. The molecule has 0 radical (unpaired) electrons. The van der Waals surface area contributed by atoms with Crippen molar-refractivity contribution in [2.24, 2.45) is 11.7 Å². The van der Waals surface area contributed by atoms with Crippen molar-refractivity contribution in [3.63, 3.8) is 0 Å². The number of nitrogens with two attached hydrogens (primary N) is 1. The number of benzene rings is 1. The number of carbonyl (C=O) groups is 1. The van der Waals surface area contributed by atoms with Gasteiger partial charge in [-0.05, 0) is 25.3 Å². The highest BCUT2D eigenvalue weighted by atomic mass is 16.6. The summed E-state index contributed by atoms with van der Waals surface area (Å²) in [5.41, 5.74) is 6.80. The number of rotatable bonds is 6. The maximum Gasteiger partial charge on any atom is 0.273 e. The quantitative estimate of drug-likeness (QED) is 0.644. The fourth-order valence-corrected chi connectivity index (χ4v) is 1.94. The van der Waals surface area contributed by atoms with Gasteiger partial charge in [-0.3, -0.25) is 14.9 Å². The third-order valence-electron chi connectivity index (χ3n) is 3.65. The van der Waals surface area contributed by atoms with E-state index in [2.05, 4.69) is 0 Å². The van der Waals surface area contributed by atoms with E-state index in [1.807, 2.05) is 13.8 Å². The summed E-state index contributed by atoms with van der Waals surface area (Å²) in [7, 11) is 1.68. The molecule has 0 heterocycles. The largest absolute Gasteiger partial charge is 0.342 e. The second-order valence-electron chi connectivity index (χ2n) is 5.68. The Labute approximate surface area is 125 Å². The summed E-state index contributed by atoms with van der Waals surface area (Å²) in [6, 6.07) is 4.58. The Morgan fingerprint density at radius 2 is 2.05 bits per heavy atom. The Morgan fingerprint density at radius 1 is 1.43 bits per heavy atom. The zero-order valence-corrected chi connectivity index (χ0v) is 13.0. The summed E-state index contributed by atoms with van der Waals surface area (Å²) in [6.45, 7) is 6.25. The summed E-state index contributed by atoms with van der Waals surface area (Å²) in [5.74, 6) is 0.128. The molecule has 2 N–H and O–H groups in total. The number of hydrogen-bond acceptors (Lipinski definition) is 4. The van der Waals surface area contributed by atoms with Gasteiger partial charge in [-0.2, -0.15) is 0 Å². The maximum atomic E-state index is 12.3. The standard InChI is InChI=1S/C15H23N3O3/c1-10(2)13(16)7-8-17(4)15(19)12-6-5-11(3)14(9-12)18(20)21/h5-6,9-10,13H,7-8,16H2,1-4H3. The molecule has 1 aromatic carbocycles. The number of nitro groups is 1. The summed E-state index contributed by atoms with van der Waals surface area (Å²) in [4.78, 5) is 24.3. The lowest BCUT2D eigenvalue weighted by molar-refractivity contribution is -0.385. The zero-order chi connectivity index (χ0) is 16.2. The fraction of sp³-hybridized carbons (Fsp3) is 0.533. The molecule has 21 heavy (non-hydrogen) atoms. The van der Waals surface area contributed by atoms with Gasteiger partial charge in [-0.25, -0.2) is 0 Å². The van der Waals surface area contributed by atoms with Crippen molar-refractivity contribution >= 4 is 11.6 Å². The minimum atomic E-state index is -0.471. The van der Waals surface area contributed by atoms with E-state index in [0.29, 0.717) is 30.0 Å². The zero-order valence-electron chi connectivity index (χ0n) is 13.0. The number of hydrogen-bond donors (Lipinski definition) is 1. The van der Waals surface area contributed by atoms with Crippen molar-refractivity contribution < 1.29 is 9.72 Å². The highest BCUT2D eigenvalue weighted by molar-refractivity contribution is 5.94. The van der Waals surface area contributed by atoms with Gasteiger partial charge in [0.15, 0.2) is 0 Å². The molecule has 1 atom stereocenters. The Bertz CT molecular complexity index is 529. The molecular formula is C15H23N3O3. The van der Waals surface area contributed by atoms with Gasteiger partial charge in [0.25, 0.3) is 11.6 Å². The van der Waals surface area contributed by atoms with E-state index >= 15 is 0 Å². The van der Waals surface area contributed by atoms with Gasteiger partial charge in [-0.15, -0.1) is 0 Å². The molecule has 0 saturated carbocycles. The van der Waals surface area contributed by atoms with Crippen molar-refractivity contribution in [2.45, 2.75) is 33.2 Å². The van der Waals surface area contributed by atoms with Crippen LogP contribution in [0.3, 0.4) is 0 Å². The van der Waals surface area contributed by atoms with Gasteiger partial charge in [0.1, 0.15) is 0 Å². The van der Waals surface area contributed by atoms with Gasteiger partial charge in [0.2, 0.25) is 0 Å². The van der Waals surface area contributed by atoms with Crippen LogP contribution < -0.4 is 5.73 Å². The van der Waals surface area contributed by atoms with Crippen LogP contribution in [-0.4, -0.2) is 35.4 Å². The fourth-order valence-electron chi connectivity index (χ4n) is 1.94. The van der Waals surface area contributed by atoms with Crippen LogP contribution in [0.25, 0.3) is 0 Å². The van der Waals surface area contributed by atoms with Crippen LogP contribution in [0.2, 0.25) is 0 Å². The summed E-state index contributed by atoms with van der Waals surface area (Å²) >= 11 is 0. The van der Waals surface area contributed by atoms with E-state index in [-0.39, 0.29) is 17.6 Å². The summed E-state index contributed by atoms with van der Waals surface area (Å²) in [6.07, 6.45) is 0.702. The lowest BCUT2D eigenvalue weighted by atomic mass is 10.0. The number of carbonyl (C=O) groups excluding carboxylic acids is 1. The first-order valence-corrected chi connectivity index (χ1v) is 7.00. The molecule has 0 saturated heterocycles. The Balaban J connectivity index is 2.79. The first kappa shape index (κ1) is 17.1. The summed E-state index contributed by atoms with van der Waals surface area (Å²) in [5, 5.41) is 10.9. The van der Waals surface area contributed by atoms with Crippen molar-refractivity contribution in [1.82, 2.24) is 4.90 Å². The van der Waals surface area contributed by atoms with Crippen LogP contribution in [0.1, 0.15) is 36.2 Å². The minimum Gasteiger partial charge on any atom is -0.342 e. The van der Waals surface area contributed by atoms with E-state index in [0.717, 1.165) is 0 Å². The second kappa shape index (κ2) is 7.17. The van der Waals surface area contributed by atoms with Gasteiger partial charge in [0, 0.05) is 36.8 Å². The number of aryl methyl sites for hydroxylation is 1. The molecule has 1 rings (SSSR count). The van der Waals surface area contributed by atoms with Crippen LogP contribution >= 0.6 is 0 Å². The van der Waals surface area contributed by atoms with Crippen molar-refractivity contribution in [2.75, 3.05) is 13.6 Å². The third-order valence-corrected chi connectivity index (χ3v) is 3.65. The molecular weight excluding hydrogens is 270 g/mol. The van der Waals surface area contributed by atoms with E-state index in [4.69, 9.17) is 5.73 Å². The molecule has 0 fully saturated rings. The molecule has 0 spiro atoms. The van der Waals surface area contributed by atoms with E-state index in [1.165, 1.54) is 6.07 Å².